The van der Waals surface area contributed by atoms with E-state index in [1.807, 2.05) is 36.1 Å². The van der Waals surface area contributed by atoms with Crippen LogP contribution in [0.25, 0.3) is 0 Å². The predicted octanol–water partition coefficient (Wildman–Crippen LogP) is 2.47. The fourth-order valence-corrected chi connectivity index (χ4v) is 2.63. The van der Waals surface area contributed by atoms with Gasteiger partial charge in [0.1, 0.15) is 6.10 Å². The lowest BCUT2D eigenvalue weighted by atomic mass is 10.1. The Balaban J connectivity index is 1.56. The number of aryl methyl sites for hydroxylation is 1. The molecule has 1 fully saturated rings. The lowest BCUT2D eigenvalue weighted by Gasteiger charge is -2.31. The van der Waals surface area contributed by atoms with Crippen LogP contribution in [0.3, 0.4) is 0 Å². The Labute approximate surface area is 130 Å². The van der Waals surface area contributed by atoms with Gasteiger partial charge in [0.2, 0.25) is 0 Å². The molecule has 1 saturated heterocycles. The monoisotopic (exact) mass is 297 g/mol. The molecule has 1 aromatic heterocycles. The van der Waals surface area contributed by atoms with Crippen molar-refractivity contribution in [2.24, 2.45) is 0 Å². The number of carbonyl (C=O) groups is 1. The van der Waals surface area contributed by atoms with E-state index in [1.54, 1.807) is 18.5 Å². The quantitative estimate of drug-likeness (QED) is 0.873. The Morgan fingerprint density at radius 3 is 2.59 bits per heavy atom. The zero-order chi connectivity index (χ0) is 15.4. The van der Waals surface area contributed by atoms with Crippen LogP contribution in [0.2, 0.25) is 0 Å². The maximum atomic E-state index is 12.5. The first-order valence-electron chi connectivity index (χ1n) is 7.52. The molecule has 1 amide bonds. The highest BCUT2D eigenvalue weighted by molar-refractivity contribution is 5.94. The van der Waals surface area contributed by atoms with Gasteiger partial charge in [-0.3, -0.25) is 4.79 Å². The van der Waals surface area contributed by atoms with Crippen molar-refractivity contribution in [1.29, 1.82) is 0 Å². The molecule has 1 aliphatic heterocycles. The topological polar surface area (TPSA) is 55.3 Å². The largest absolute Gasteiger partial charge is 0.460 e. The minimum absolute atomic E-state index is 0.0731. The molecule has 1 aliphatic rings. The highest BCUT2D eigenvalue weighted by atomic mass is 16.5. The first-order valence-corrected chi connectivity index (χ1v) is 7.52. The number of ether oxygens (including phenoxy) is 1. The second-order valence-electron chi connectivity index (χ2n) is 5.51. The van der Waals surface area contributed by atoms with E-state index in [0.717, 1.165) is 24.0 Å². The Morgan fingerprint density at radius 1 is 1.18 bits per heavy atom. The van der Waals surface area contributed by atoms with Crippen molar-refractivity contribution in [3.63, 3.8) is 0 Å². The molecule has 0 bridgehead atoms. The number of carbonyl (C=O) groups excluding carboxylic acids is 1. The van der Waals surface area contributed by atoms with Crippen LogP contribution in [0, 0.1) is 6.92 Å². The number of benzene rings is 1. The van der Waals surface area contributed by atoms with Crippen LogP contribution in [-0.4, -0.2) is 40.0 Å². The number of amides is 1. The van der Waals surface area contributed by atoms with Gasteiger partial charge in [-0.25, -0.2) is 9.97 Å². The normalized spacial score (nSPS) is 15.6. The molecule has 5 heteroatoms. The minimum Gasteiger partial charge on any atom is -0.460 e. The molecule has 1 aromatic carbocycles. The molecule has 0 unspecified atom stereocenters. The number of nitrogens with zero attached hydrogens (tertiary/aromatic N) is 3. The standard InChI is InChI=1S/C17H19N3O2/c1-13-4-2-5-14(12-13)16(21)20-10-6-15(7-11-20)22-17-18-8-3-9-19-17/h2-5,8-9,12,15H,6-7,10-11H2,1H3. The van der Waals surface area contributed by atoms with Gasteiger partial charge >= 0.3 is 6.01 Å². The van der Waals surface area contributed by atoms with E-state index in [-0.39, 0.29) is 12.0 Å². The summed E-state index contributed by atoms with van der Waals surface area (Å²) in [5.41, 5.74) is 1.86. The van der Waals surface area contributed by atoms with Gasteiger partial charge in [-0.05, 0) is 25.1 Å². The van der Waals surface area contributed by atoms with Gasteiger partial charge in [-0.2, -0.15) is 0 Å². The molecule has 2 heterocycles. The summed E-state index contributed by atoms with van der Waals surface area (Å²) < 4.78 is 5.75. The van der Waals surface area contributed by atoms with Gasteiger partial charge < -0.3 is 9.64 Å². The van der Waals surface area contributed by atoms with E-state index in [1.165, 1.54) is 0 Å². The van der Waals surface area contributed by atoms with Crippen LogP contribution in [0.15, 0.2) is 42.7 Å². The molecular formula is C17H19N3O2. The summed E-state index contributed by atoms with van der Waals surface area (Å²) in [5, 5.41) is 0. The molecule has 0 aliphatic carbocycles. The summed E-state index contributed by atoms with van der Waals surface area (Å²) in [6, 6.07) is 9.89. The molecule has 2 aromatic rings. The van der Waals surface area contributed by atoms with Gasteiger partial charge in [0.05, 0.1) is 0 Å². The van der Waals surface area contributed by atoms with Crippen LogP contribution < -0.4 is 4.74 Å². The van der Waals surface area contributed by atoms with E-state index >= 15 is 0 Å². The molecule has 114 valence electrons. The van der Waals surface area contributed by atoms with Crippen molar-refractivity contribution in [2.45, 2.75) is 25.9 Å². The number of likely N-dealkylation sites (tertiary alicyclic amines) is 1. The number of hydrogen-bond donors (Lipinski definition) is 0. The van der Waals surface area contributed by atoms with Gasteiger partial charge in [-0.15, -0.1) is 0 Å². The molecule has 0 radical (unpaired) electrons. The Kier molecular flexibility index (Phi) is 4.32. The first kappa shape index (κ1) is 14.5. The molecule has 22 heavy (non-hydrogen) atoms. The molecule has 0 atom stereocenters. The molecule has 5 nitrogen and oxygen atoms in total. The number of rotatable bonds is 3. The van der Waals surface area contributed by atoms with Crippen LogP contribution in [0.4, 0.5) is 0 Å². The number of piperidine rings is 1. The lowest BCUT2D eigenvalue weighted by Crippen LogP contribution is -2.41. The highest BCUT2D eigenvalue weighted by Gasteiger charge is 2.25. The van der Waals surface area contributed by atoms with Gasteiger partial charge in [0.15, 0.2) is 0 Å². The van der Waals surface area contributed by atoms with E-state index < -0.39 is 0 Å². The zero-order valence-electron chi connectivity index (χ0n) is 12.6. The van der Waals surface area contributed by atoms with Crippen molar-refractivity contribution in [3.05, 3.63) is 53.9 Å². The van der Waals surface area contributed by atoms with Crippen molar-refractivity contribution in [2.75, 3.05) is 13.1 Å². The maximum Gasteiger partial charge on any atom is 0.316 e. The van der Waals surface area contributed by atoms with Crippen molar-refractivity contribution >= 4 is 5.91 Å². The second-order valence-corrected chi connectivity index (χ2v) is 5.51. The average molecular weight is 297 g/mol. The Hall–Kier alpha value is -2.43. The average Bonchev–Trinajstić information content (AvgIpc) is 2.56. The maximum absolute atomic E-state index is 12.5. The van der Waals surface area contributed by atoms with E-state index in [4.69, 9.17) is 4.74 Å². The van der Waals surface area contributed by atoms with Crippen LogP contribution in [0.5, 0.6) is 6.01 Å². The first-order chi connectivity index (χ1) is 10.7. The van der Waals surface area contributed by atoms with E-state index in [9.17, 15) is 4.79 Å². The molecule has 0 saturated carbocycles. The van der Waals surface area contributed by atoms with Crippen LogP contribution in [-0.2, 0) is 0 Å². The third-order valence-corrected chi connectivity index (χ3v) is 3.81. The zero-order valence-corrected chi connectivity index (χ0v) is 12.6. The molecule has 3 rings (SSSR count). The summed E-state index contributed by atoms with van der Waals surface area (Å²) >= 11 is 0. The minimum atomic E-state index is 0.0731. The smallest absolute Gasteiger partial charge is 0.316 e. The molecule has 0 spiro atoms. The molecule has 0 N–H and O–H groups in total. The summed E-state index contributed by atoms with van der Waals surface area (Å²) in [6.07, 6.45) is 5.01. The Bertz CT molecular complexity index is 637. The fraction of sp³-hybridized carbons (Fsp3) is 0.353. The predicted molar refractivity (Wildman–Crippen MR) is 82.8 cm³/mol. The SMILES string of the molecule is Cc1cccc(C(=O)N2CCC(Oc3ncccn3)CC2)c1. The fourth-order valence-electron chi connectivity index (χ4n) is 2.63. The van der Waals surface area contributed by atoms with E-state index in [0.29, 0.717) is 19.1 Å². The molecular weight excluding hydrogens is 278 g/mol. The van der Waals surface area contributed by atoms with Gasteiger partial charge in [-0.1, -0.05) is 17.7 Å². The highest BCUT2D eigenvalue weighted by Crippen LogP contribution is 2.18. The number of hydrogen-bond acceptors (Lipinski definition) is 4. The summed E-state index contributed by atoms with van der Waals surface area (Å²) in [6.45, 7) is 3.39. The van der Waals surface area contributed by atoms with E-state index in [2.05, 4.69) is 9.97 Å². The Morgan fingerprint density at radius 2 is 1.91 bits per heavy atom. The summed E-state index contributed by atoms with van der Waals surface area (Å²) in [5.74, 6) is 0.0955. The van der Waals surface area contributed by atoms with Crippen molar-refractivity contribution in [3.8, 4) is 6.01 Å². The van der Waals surface area contributed by atoms with Crippen LogP contribution >= 0.6 is 0 Å². The lowest BCUT2D eigenvalue weighted by molar-refractivity contribution is 0.0578. The van der Waals surface area contributed by atoms with Gasteiger partial charge in [0.25, 0.3) is 5.91 Å². The van der Waals surface area contributed by atoms with Crippen molar-refractivity contribution < 1.29 is 9.53 Å². The van der Waals surface area contributed by atoms with Gasteiger partial charge in [0, 0.05) is 43.9 Å². The second kappa shape index (κ2) is 6.56. The van der Waals surface area contributed by atoms with Crippen LogP contribution in [0.1, 0.15) is 28.8 Å². The van der Waals surface area contributed by atoms with Crippen molar-refractivity contribution in [1.82, 2.24) is 14.9 Å². The summed E-state index contributed by atoms with van der Waals surface area (Å²) in [4.78, 5) is 22.5. The number of aromatic nitrogens is 2. The third-order valence-electron chi connectivity index (χ3n) is 3.81. The third kappa shape index (κ3) is 3.42. The summed E-state index contributed by atoms with van der Waals surface area (Å²) in [7, 11) is 0.